The number of hydrogen-bond donors (Lipinski definition) is 3. The molecule has 0 bridgehead atoms. The Labute approximate surface area is 63.0 Å². The molecule has 1 rings (SSSR count). The van der Waals surface area contributed by atoms with Crippen LogP contribution < -0.4 is 0 Å². The van der Waals surface area contributed by atoms with Crippen LogP contribution in [-0.4, -0.2) is 45.8 Å². The van der Waals surface area contributed by atoms with Gasteiger partial charge in [-0.3, -0.25) is 0 Å². The van der Waals surface area contributed by atoms with E-state index in [1.54, 1.807) is 0 Å². The van der Waals surface area contributed by atoms with Crippen LogP contribution in [0.2, 0.25) is 0 Å². The lowest BCUT2D eigenvalue weighted by atomic mass is 10.1. The second-order valence-electron chi connectivity index (χ2n) is 2.23. The molecule has 1 aliphatic heterocycles. The molecule has 0 radical (unpaired) electrons. The van der Waals surface area contributed by atoms with E-state index in [-0.39, 0.29) is 6.61 Å². The van der Waals surface area contributed by atoms with Crippen molar-refractivity contribution in [3.8, 4) is 0 Å². The van der Waals surface area contributed by atoms with E-state index in [0.29, 0.717) is 0 Å². The lowest BCUT2D eigenvalue weighted by Gasteiger charge is -2.31. The summed E-state index contributed by atoms with van der Waals surface area (Å²) in [5.74, 6) is 0. The summed E-state index contributed by atoms with van der Waals surface area (Å²) in [6, 6.07) is 0. The molecular weight excluding hydrogens is 160 g/mol. The van der Waals surface area contributed by atoms with Crippen molar-refractivity contribution >= 4 is 11.6 Å². The van der Waals surface area contributed by atoms with E-state index in [2.05, 4.69) is 4.74 Å². The first-order valence-electron chi connectivity index (χ1n) is 2.93. The van der Waals surface area contributed by atoms with Crippen LogP contribution in [0.4, 0.5) is 0 Å². The smallest absolute Gasteiger partial charge is 0.159 e. The number of aliphatic hydroxyl groups excluding tert-OH is 3. The molecule has 60 valence electrons. The molecule has 0 amide bonds. The molecule has 1 fully saturated rings. The monoisotopic (exact) mass is 168 g/mol. The number of hydrogen-bond acceptors (Lipinski definition) is 4. The largest absolute Gasteiger partial charge is 0.388 e. The van der Waals surface area contributed by atoms with Gasteiger partial charge in [-0.05, 0) is 0 Å². The highest BCUT2D eigenvalue weighted by Gasteiger charge is 2.36. The first-order valence-corrected chi connectivity index (χ1v) is 3.36. The number of rotatable bonds is 0. The summed E-state index contributed by atoms with van der Waals surface area (Å²) in [4.78, 5) is 0. The predicted molar refractivity (Wildman–Crippen MR) is 33.6 cm³/mol. The van der Waals surface area contributed by atoms with Crippen LogP contribution in [0.25, 0.3) is 0 Å². The van der Waals surface area contributed by atoms with Gasteiger partial charge in [-0.2, -0.15) is 0 Å². The van der Waals surface area contributed by atoms with Gasteiger partial charge < -0.3 is 20.1 Å². The van der Waals surface area contributed by atoms with Crippen molar-refractivity contribution in [3.05, 3.63) is 0 Å². The molecule has 4 nitrogen and oxygen atoms in total. The second kappa shape index (κ2) is 3.02. The zero-order valence-corrected chi connectivity index (χ0v) is 5.90. The zero-order chi connectivity index (χ0) is 7.72. The number of ether oxygens (including phenoxy) is 1. The van der Waals surface area contributed by atoms with Crippen LogP contribution in [0, 0.1) is 0 Å². The molecule has 0 aromatic heterocycles. The van der Waals surface area contributed by atoms with Gasteiger partial charge in [-0.25, -0.2) is 0 Å². The molecule has 0 spiro atoms. The highest BCUT2D eigenvalue weighted by molar-refractivity contribution is 6.20. The van der Waals surface area contributed by atoms with Gasteiger partial charge in [-0.15, -0.1) is 0 Å². The molecule has 1 aliphatic rings. The first-order chi connectivity index (χ1) is 4.63. The molecule has 10 heavy (non-hydrogen) atoms. The fraction of sp³-hybridized carbons (Fsp3) is 1.00. The third-order valence-electron chi connectivity index (χ3n) is 1.44. The van der Waals surface area contributed by atoms with Crippen LogP contribution in [0.5, 0.6) is 0 Å². The molecule has 1 saturated heterocycles. The average molecular weight is 169 g/mol. The maximum absolute atomic E-state index is 8.95. The van der Waals surface area contributed by atoms with Crippen molar-refractivity contribution in [2.24, 2.45) is 0 Å². The number of halogens is 1. The van der Waals surface area contributed by atoms with Crippen LogP contribution in [0.15, 0.2) is 0 Å². The van der Waals surface area contributed by atoms with E-state index in [4.69, 9.17) is 26.9 Å². The van der Waals surface area contributed by atoms with Crippen LogP contribution in [-0.2, 0) is 4.74 Å². The summed E-state index contributed by atoms with van der Waals surface area (Å²) >= 11 is 5.38. The molecule has 3 N–H and O–H groups in total. The molecule has 1 heterocycles. The average Bonchev–Trinajstić information content (AvgIpc) is 1.93. The van der Waals surface area contributed by atoms with E-state index in [1.165, 1.54) is 0 Å². The van der Waals surface area contributed by atoms with Crippen molar-refractivity contribution in [1.82, 2.24) is 0 Å². The maximum Gasteiger partial charge on any atom is 0.159 e. The fourth-order valence-corrected chi connectivity index (χ4v) is 0.992. The van der Waals surface area contributed by atoms with Crippen molar-refractivity contribution in [1.29, 1.82) is 0 Å². The van der Waals surface area contributed by atoms with Crippen LogP contribution in [0.3, 0.4) is 0 Å². The number of aliphatic hydroxyl groups is 3. The van der Waals surface area contributed by atoms with E-state index < -0.39 is 23.9 Å². The van der Waals surface area contributed by atoms with Crippen LogP contribution in [0.1, 0.15) is 0 Å². The van der Waals surface area contributed by atoms with Crippen molar-refractivity contribution in [2.45, 2.75) is 23.9 Å². The van der Waals surface area contributed by atoms with E-state index >= 15 is 0 Å². The fourth-order valence-electron chi connectivity index (χ4n) is 0.770. The second-order valence-corrected chi connectivity index (χ2v) is 2.66. The van der Waals surface area contributed by atoms with Gasteiger partial charge in [0.1, 0.15) is 18.3 Å². The Morgan fingerprint density at radius 2 is 1.80 bits per heavy atom. The molecule has 0 aromatic rings. The summed E-state index contributed by atoms with van der Waals surface area (Å²) in [5, 5.41) is 26.8. The van der Waals surface area contributed by atoms with E-state index in [9.17, 15) is 0 Å². The SMILES string of the molecule is OC1COC(Cl)C(O)C1O. The Morgan fingerprint density at radius 3 is 2.30 bits per heavy atom. The Bertz CT molecular complexity index is 106. The third-order valence-corrected chi connectivity index (χ3v) is 1.82. The minimum Gasteiger partial charge on any atom is -0.388 e. The summed E-state index contributed by atoms with van der Waals surface area (Å²) < 4.78 is 4.68. The van der Waals surface area contributed by atoms with Crippen LogP contribution >= 0.6 is 11.6 Å². The van der Waals surface area contributed by atoms with Gasteiger partial charge in [0.05, 0.1) is 6.61 Å². The standard InChI is InChI=1S/C5H9ClO4/c6-5-4(9)3(8)2(7)1-10-5/h2-5,7-9H,1H2. The molecule has 0 aliphatic carbocycles. The molecule has 0 saturated carbocycles. The topological polar surface area (TPSA) is 69.9 Å². The van der Waals surface area contributed by atoms with Gasteiger partial charge in [0.15, 0.2) is 5.56 Å². The minimum absolute atomic E-state index is 0.0353. The minimum atomic E-state index is -1.20. The maximum atomic E-state index is 8.95. The van der Waals surface area contributed by atoms with Gasteiger partial charge in [-0.1, -0.05) is 11.6 Å². The van der Waals surface area contributed by atoms with Gasteiger partial charge in [0, 0.05) is 0 Å². The van der Waals surface area contributed by atoms with E-state index in [0.717, 1.165) is 0 Å². The molecule has 4 atom stereocenters. The Balaban J connectivity index is 2.52. The summed E-state index contributed by atoms with van der Waals surface area (Å²) in [6.07, 6.45) is -3.44. The van der Waals surface area contributed by atoms with Crippen molar-refractivity contribution < 1.29 is 20.1 Å². The first kappa shape index (κ1) is 8.23. The molecule has 4 unspecified atom stereocenters. The lowest BCUT2D eigenvalue weighted by Crippen LogP contribution is -2.50. The summed E-state index contributed by atoms with van der Waals surface area (Å²) in [5.41, 5.74) is -0.918. The highest BCUT2D eigenvalue weighted by Crippen LogP contribution is 2.17. The lowest BCUT2D eigenvalue weighted by molar-refractivity contribution is -0.163. The van der Waals surface area contributed by atoms with Crippen molar-refractivity contribution in [2.75, 3.05) is 6.61 Å². The molecule has 0 aromatic carbocycles. The predicted octanol–water partition coefficient (Wildman–Crippen LogP) is -1.34. The van der Waals surface area contributed by atoms with E-state index in [1.807, 2.05) is 0 Å². The normalized spacial score (nSPS) is 49.2. The zero-order valence-electron chi connectivity index (χ0n) is 5.14. The van der Waals surface area contributed by atoms with Gasteiger partial charge in [0.2, 0.25) is 0 Å². The molecule has 5 heteroatoms. The third kappa shape index (κ3) is 1.41. The summed E-state index contributed by atoms with van der Waals surface area (Å²) in [7, 11) is 0. The summed E-state index contributed by atoms with van der Waals surface area (Å²) in [6.45, 7) is -0.0353. The van der Waals surface area contributed by atoms with Gasteiger partial charge >= 0.3 is 0 Å². The van der Waals surface area contributed by atoms with Crippen molar-refractivity contribution in [3.63, 3.8) is 0 Å². The Hall–Kier alpha value is 0.130. The Kier molecular flexibility index (Phi) is 2.49. The quantitative estimate of drug-likeness (QED) is 0.392. The number of alkyl halides is 1. The Morgan fingerprint density at radius 1 is 1.20 bits per heavy atom. The molecular formula is C5H9ClO4. The van der Waals surface area contributed by atoms with Gasteiger partial charge in [0.25, 0.3) is 0 Å². The highest BCUT2D eigenvalue weighted by atomic mass is 35.5.